The zero-order valence-electron chi connectivity index (χ0n) is 11.9. The summed E-state index contributed by atoms with van der Waals surface area (Å²) in [5.41, 5.74) is 2.00. The molecule has 6 heteroatoms. The lowest BCUT2D eigenvalue weighted by Gasteiger charge is -2.07. The molecule has 0 bridgehead atoms. The molecule has 0 atom stereocenters. The molecule has 21 heavy (non-hydrogen) atoms. The van der Waals surface area contributed by atoms with Gasteiger partial charge in [0.15, 0.2) is 0 Å². The SMILES string of the molecule is CC(C)c1cc(SCC(=O)O)n(Cc2cccc(Cl)c2)n1. The molecule has 0 fully saturated rings. The highest BCUT2D eigenvalue weighted by Crippen LogP contribution is 2.24. The molecular weight excluding hydrogens is 308 g/mol. The van der Waals surface area contributed by atoms with Gasteiger partial charge in [-0.3, -0.25) is 9.48 Å². The van der Waals surface area contributed by atoms with Crippen LogP contribution < -0.4 is 0 Å². The Morgan fingerprint density at radius 1 is 1.43 bits per heavy atom. The van der Waals surface area contributed by atoms with Crippen LogP contribution in [0.4, 0.5) is 0 Å². The number of halogens is 1. The van der Waals surface area contributed by atoms with E-state index in [-0.39, 0.29) is 5.75 Å². The average Bonchev–Trinajstić information content (AvgIpc) is 2.80. The van der Waals surface area contributed by atoms with E-state index in [4.69, 9.17) is 16.7 Å². The van der Waals surface area contributed by atoms with Crippen LogP contribution in [0, 0.1) is 0 Å². The second kappa shape index (κ2) is 7.00. The zero-order valence-corrected chi connectivity index (χ0v) is 13.5. The molecule has 0 spiro atoms. The third-order valence-corrected chi connectivity index (χ3v) is 4.17. The predicted octanol–water partition coefficient (Wildman–Crippen LogP) is 3.88. The molecule has 0 radical (unpaired) electrons. The van der Waals surface area contributed by atoms with Gasteiger partial charge in [0, 0.05) is 5.02 Å². The van der Waals surface area contributed by atoms with E-state index in [0.717, 1.165) is 16.3 Å². The van der Waals surface area contributed by atoms with Crippen molar-refractivity contribution in [3.63, 3.8) is 0 Å². The van der Waals surface area contributed by atoms with Crippen molar-refractivity contribution in [2.45, 2.75) is 31.3 Å². The van der Waals surface area contributed by atoms with Crippen LogP contribution in [-0.2, 0) is 11.3 Å². The van der Waals surface area contributed by atoms with Crippen LogP contribution in [0.2, 0.25) is 5.02 Å². The standard InChI is InChI=1S/C15H17ClN2O2S/c1-10(2)13-7-14(21-9-15(19)20)18(17-13)8-11-4-3-5-12(16)6-11/h3-7,10H,8-9H2,1-2H3,(H,19,20). The molecular formula is C15H17ClN2O2S. The molecule has 1 aromatic heterocycles. The Hall–Kier alpha value is -1.46. The Balaban J connectivity index is 2.25. The Kier molecular flexibility index (Phi) is 5.31. The second-order valence-electron chi connectivity index (χ2n) is 5.03. The lowest BCUT2D eigenvalue weighted by molar-refractivity contribution is -0.133. The van der Waals surface area contributed by atoms with Crippen molar-refractivity contribution >= 4 is 29.3 Å². The molecule has 2 rings (SSSR count). The van der Waals surface area contributed by atoms with E-state index in [0.29, 0.717) is 17.5 Å². The highest BCUT2D eigenvalue weighted by atomic mass is 35.5. The topological polar surface area (TPSA) is 55.1 Å². The Labute approximate surface area is 133 Å². The van der Waals surface area contributed by atoms with Crippen LogP contribution in [0.3, 0.4) is 0 Å². The summed E-state index contributed by atoms with van der Waals surface area (Å²) in [6.45, 7) is 4.71. The second-order valence-corrected chi connectivity index (χ2v) is 6.46. The minimum absolute atomic E-state index is 0.0266. The summed E-state index contributed by atoms with van der Waals surface area (Å²) in [4.78, 5) is 10.8. The fourth-order valence-corrected chi connectivity index (χ4v) is 2.82. The molecule has 0 unspecified atom stereocenters. The Bertz CT molecular complexity index is 640. The van der Waals surface area contributed by atoms with E-state index in [2.05, 4.69) is 18.9 Å². The number of carboxylic acids is 1. The van der Waals surface area contributed by atoms with Gasteiger partial charge in [0.2, 0.25) is 0 Å². The van der Waals surface area contributed by atoms with Crippen molar-refractivity contribution in [2.24, 2.45) is 0 Å². The number of thioether (sulfide) groups is 1. The molecule has 112 valence electrons. The largest absolute Gasteiger partial charge is 0.481 e. The summed E-state index contributed by atoms with van der Waals surface area (Å²) in [6, 6.07) is 9.56. The van der Waals surface area contributed by atoms with Crippen molar-refractivity contribution in [1.82, 2.24) is 9.78 Å². The summed E-state index contributed by atoms with van der Waals surface area (Å²) in [6.07, 6.45) is 0. The molecule has 0 amide bonds. The first-order valence-corrected chi connectivity index (χ1v) is 7.99. The van der Waals surface area contributed by atoms with Crippen LogP contribution in [-0.4, -0.2) is 26.6 Å². The Morgan fingerprint density at radius 2 is 2.19 bits per heavy atom. The Morgan fingerprint density at radius 3 is 2.81 bits per heavy atom. The molecule has 4 nitrogen and oxygen atoms in total. The van der Waals surface area contributed by atoms with Gasteiger partial charge in [0.05, 0.1) is 23.0 Å². The number of hydrogen-bond donors (Lipinski definition) is 1. The summed E-state index contributed by atoms with van der Waals surface area (Å²) < 4.78 is 1.84. The first-order valence-electron chi connectivity index (χ1n) is 6.62. The molecule has 0 saturated heterocycles. The fraction of sp³-hybridized carbons (Fsp3) is 0.333. The van der Waals surface area contributed by atoms with Crippen molar-refractivity contribution in [3.8, 4) is 0 Å². The van der Waals surface area contributed by atoms with Crippen molar-refractivity contribution < 1.29 is 9.90 Å². The highest BCUT2D eigenvalue weighted by molar-refractivity contribution is 7.99. The van der Waals surface area contributed by atoms with Crippen LogP contribution in [0.25, 0.3) is 0 Å². The maximum absolute atomic E-state index is 10.8. The lowest BCUT2D eigenvalue weighted by atomic mass is 10.1. The van der Waals surface area contributed by atoms with Gasteiger partial charge in [-0.05, 0) is 29.7 Å². The fourth-order valence-electron chi connectivity index (χ4n) is 1.87. The molecule has 1 aromatic carbocycles. The van der Waals surface area contributed by atoms with Gasteiger partial charge in [-0.25, -0.2) is 0 Å². The van der Waals surface area contributed by atoms with Crippen LogP contribution in [0.15, 0.2) is 35.4 Å². The number of carbonyl (C=O) groups is 1. The number of hydrogen-bond acceptors (Lipinski definition) is 3. The van der Waals surface area contributed by atoms with Gasteiger partial charge in [0.1, 0.15) is 0 Å². The number of carboxylic acid groups (broad SMARTS) is 1. The monoisotopic (exact) mass is 324 g/mol. The van der Waals surface area contributed by atoms with Crippen LogP contribution in [0.5, 0.6) is 0 Å². The summed E-state index contributed by atoms with van der Waals surface area (Å²) in [5.74, 6) is -0.505. The van der Waals surface area contributed by atoms with Crippen molar-refractivity contribution in [2.75, 3.05) is 5.75 Å². The van der Waals surface area contributed by atoms with E-state index < -0.39 is 5.97 Å². The quantitative estimate of drug-likeness (QED) is 0.819. The van der Waals surface area contributed by atoms with Crippen LogP contribution in [0.1, 0.15) is 31.0 Å². The molecule has 0 aliphatic rings. The number of aromatic nitrogens is 2. The van der Waals surface area contributed by atoms with E-state index in [1.165, 1.54) is 11.8 Å². The molecule has 2 aromatic rings. The van der Waals surface area contributed by atoms with Gasteiger partial charge in [-0.2, -0.15) is 5.10 Å². The minimum atomic E-state index is -0.832. The summed E-state index contributed by atoms with van der Waals surface area (Å²) in [5, 5.41) is 15.0. The summed E-state index contributed by atoms with van der Waals surface area (Å²) >= 11 is 7.28. The zero-order chi connectivity index (χ0) is 15.4. The molecule has 0 aliphatic heterocycles. The van der Waals surface area contributed by atoms with Gasteiger partial charge >= 0.3 is 5.97 Å². The van der Waals surface area contributed by atoms with E-state index in [9.17, 15) is 4.79 Å². The minimum Gasteiger partial charge on any atom is -0.481 e. The molecule has 0 saturated carbocycles. The lowest BCUT2D eigenvalue weighted by Crippen LogP contribution is -2.06. The molecule has 1 heterocycles. The maximum Gasteiger partial charge on any atom is 0.313 e. The first kappa shape index (κ1) is 15.9. The van der Waals surface area contributed by atoms with E-state index in [1.807, 2.05) is 35.0 Å². The van der Waals surface area contributed by atoms with Crippen LogP contribution >= 0.6 is 23.4 Å². The molecule has 1 N–H and O–H groups in total. The third-order valence-electron chi connectivity index (χ3n) is 2.92. The number of benzene rings is 1. The number of aliphatic carboxylic acids is 1. The van der Waals surface area contributed by atoms with E-state index in [1.54, 1.807) is 0 Å². The summed E-state index contributed by atoms with van der Waals surface area (Å²) in [7, 11) is 0. The maximum atomic E-state index is 10.8. The van der Waals surface area contributed by atoms with E-state index >= 15 is 0 Å². The molecule has 0 aliphatic carbocycles. The number of nitrogens with zero attached hydrogens (tertiary/aromatic N) is 2. The van der Waals surface area contributed by atoms with Crippen molar-refractivity contribution in [3.05, 3.63) is 46.6 Å². The average molecular weight is 325 g/mol. The van der Waals surface area contributed by atoms with Gasteiger partial charge in [-0.15, -0.1) is 0 Å². The van der Waals surface area contributed by atoms with Gasteiger partial charge in [-0.1, -0.05) is 49.3 Å². The third kappa shape index (κ3) is 4.51. The highest BCUT2D eigenvalue weighted by Gasteiger charge is 2.13. The normalized spacial score (nSPS) is 11.0. The van der Waals surface area contributed by atoms with Gasteiger partial charge in [0.25, 0.3) is 0 Å². The van der Waals surface area contributed by atoms with Gasteiger partial charge < -0.3 is 5.11 Å². The first-order chi connectivity index (χ1) is 9.95. The number of rotatable bonds is 6. The predicted molar refractivity (Wildman–Crippen MR) is 85.2 cm³/mol. The smallest absolute Gasteiger partial charge is 0.313 e. The van der Waals surface area contributed by atoms with Crippen molar-refractivity contribution in [1.29, 1.82) is 0 Å².